The molecule has 0 saturated carbocycles. The SMILES string of the molecule is CC(=O)Nc1ccc(S(=O)(=O)NCCN2CCNCC2)c2ccccc12.Cl.Cl. The average Bonchev–Trinajstić information content (AvgIpc) is 2.62. The number of hydrogen-bond donors (Lipinski definition) is 3. The Labute approximate surface area is 178 Å². The number of amides is 1. The van der Waals surface area contributed by atoms with Gasteiger partial charge in [0.05, 0.1) is 4.90 Å². The van der Waals surface area contributed by atoms with Gasteiger partial charge < -0.3 is 10.6 Å². The number of rotatable bonds is 6. The van der Waals surface area contributed by atoms with E-state index in [0.29, 0.717) is 29.5 Å². The van der Waals surface area contributed by atoms with Crippen molar-refractivity contribution in [3.8, 4) is 0 Å². The van der Waals surface area contributed by atoms with Gasteiger partial charge in [-0.15, -0.1) is 24.8 Å². The van der Waals surface area contributed by atoms with Gasteiger partial charge in [0.1, 0.15) is 0 Å². The number of anilines is 1. The number of halogens is 2. The number of carbonyl (C=O) groups is 1. The quantitative estimate of drug-likeness (QED) is 0.626. The molecule has 0 bridgehead atoms. The molecule has 1 aliphatic rings. The fourth-order valence-electron chi connectivity index (χ4n) is 3.16. The third-order valence-electron chi connectivity index (χ3n) is 4.41. The third kappa shape index (κ3) is 6.04. The van der Waals surface area contributed by atoms with Gasteiger partial charge in [-0.2, -0.15) is 0 Å². The van der Waals surface area contributed by atoms with Crippen LogP contribution in [0.15, 0.2) is 41.3 Å². The Balaban J connectivity index is 0.00000196. The Morgan fingerprint density at radius 1 is 1.07 bits per heavy atom. The van der Waals surface area contributed by atoms with Crippen LogP contribution in [0, 0.1) is 0 Å². The monoisotopic (exact) mass is 448 g/mol. The lowest BCUT2D eigenvalue weighted by Gasteiger charge is -2.27. The lowest BCUT2D eigenvalue weighted by Crippen LogP contribution is -2.46. The Bertz CT molecular complexity index is 903. The molecule has 0 aliphatic carbocycles. The number of nitrogens with one attached hydrogen (secondary N) is 3. The van der Waals surface area contributed by atoms with Crippen molar-refractivity contribution < 1.29 is 13.2 Å². The van der Waals surface area contributed by atoms with E-state index in [1.165, 1.54) is 6.92 Å². The number of piperazine rings is 1. The predicted molar refractivity (Wildman–Crippen MR) is 117 cm³/mol. The molecule has 1 heterocycles. The molecule has 0 radical (unpaired) electrons. The highest BCUT2D eigenvalue weighted by Gasteiger charge is 2.19. The van der Waals surface area contributed by atoms with Crippen LogP contribution in [0.4, 0.5) is 5.69 Å². The van der Waals surface area contributed by atoms with Crippen LogP contribution in [0.25, 0.3) is 10.8 Å². The van der Waals surface area contributed by atoms with Gasteiger partial charge in [-0.3, -0.25) is 9.69 Å². The lowest BCUT2D eigenvalue weighted by atomic mass is 10.1. The molecule has 1 saturated heterocycles. The molecule has 0 aromatic heterocycles. The summed E-state index contributed by atoms with van der Waals surface area (Å²) in [6, 6.07) is 10.3. The molecule has 3 N–H and O–H groups in total. The first kappa shape index (κ1) is 24.6. The minimum Gasteiger partial charge on any atom is -0.326 e. The summed E-state index contributed by atoms with van der Waals surface area (Å²) < 4.78 is 28.3. The molecule has 3 rings (SSSR count). The summed E-state index contributed by atoms with van der Waals surface area (Å²) >= 11 is 0. The van der Waals surface area contributed by atoms with Crippen LogP contribution in [0.2, 0.25) is 0 Å². The van der Waals surface area contributed by atoms with E-state index in [1.807, 2.05) is 6.07 Å². The van der Waals surface area contributed by atoms with Crippen molar-refractivity contribution >= 4 is 57.2 Å². The minimum absolute atomic E-state index is 0. The Kier molecular flexibility index (Phi) is 9.62. The van der Waals surface area contributed by atoms with Crippen molar-refractivity contribution in [1.82, 2.24) is 14.9 Å². The highest BCUT2D eigenvalue weighted by atomic mass is 35.5. The zero-order valence-electron chi connectivity index (χ0n) is 15.6. The number of sulfonamides is 1. The van der Waals surface area contributed by atoms with Crippen molar-refractivity contribution in [3.63, 3.8) is 0 Å². The molecule has 0 spiro atoms. The van der Waals surface area contributed by atoms with Gasteiger partial charge in [-0.1, -0.05) is 24.3 Å². The summed E-state index contributed by atoms with van der Waals surface area (Å²) in [5, 5.41) is 7.31. The second-order valence-corrected chi connectivity index (χ2v) is 8.06. The van der Waals surface area contributed by atoms with Gasteiger partial charge in [0.2, 0.25) is 15.9 Å². The summed E-state index contributed by atoms with van der Waals surface area (Å²) in [6.45, 7) is 6.19. The van der Waals surface area contributed by atoms with Gasteiger partial charge in [-0.05, 0) is 12.1 Å². The van der Waals surface area contributed by atoms with Gasteiger partial charge in [0, 0.05) is 62.7 Å². The largest absolute Gasteiger partial charge is 0.326 e. The van der Waals surface area contributed by atoms with Crippen LogP contribution in [0.1, 0.15) is 6.92 Å². The Hall–Kier alpha value is -1.42. The van der Waals surface area contributed by atoms with Crippen LogP contribution in [0.3, 0.4) is 0 Å². The zero-order valence-corrected chi connectivity index (χ0v) is 18.1. The summed E-state index contributed by atoms with van der Waals surface area (Å²) in [7, 11) is -3.64. The first-order valence-corrected chi connectivity index (χ1v) is 10.2. The first-order valence-electron chi connectivity index (χ1n) is 8.69. The topological polar surface area (TPSA) is 90.5 Å². The predicted octanol–water partition coefficient (Wildman–Crippen LogP) is 1.83. The van der Waals surface area contributed by atoms with Crippen molar-refractivity contribution in [2.24, 2.45) is 0 Å². The average molecular weight is 449 g/mol. The molecule has 1 aliphatic heterocycles. The Morgan fingerprint density at radius 2 is 1.71 bits per heavy atom. The highest BCUT2D eigenvalue weighted by molar-refractivity contribution is 7.89. The van der Waals surface area contributed by atoms with E-state index in [4.69, 9.17) is 0 Å². The summed E-state index contributed by atoms with van der Waals surface area (Å²) in [6.07, 6.45) is 0. The fraction of sp³-hybridized carbons (Fsp3) is 0.389. The van der Waals surface area contributed by atoms with Gasteiger partial charge >= 0.3 is 0 Å². The van der Waals surface area contributed by atoms with Crippen molar-refractivity contribution in [2.75, 3.05) is 44.6 Å². The van der Waals surface area contributed by atoms with Gasteiger partial charge in [0.15, 0.2) is 0 Å². The maximum absolute atomic E-state index is 12.8. The smallest absolute Gasteiger partial charge is 0.241 e. The standard InChI is InChI=1S/C18H24N4O3S.2ClH/c1-14(23)21-17-6-7-18(16-5-3-2-4-15(16)17)26(24,25)20-10-13-22-11-8-19-9-12-22;;/h2-7,19-20H,8-13H2,1H3,(H,21,23);2*1H. The fourth-order valence-corrected chi connectivity index (χ4v) is 4.39. The molecule has 2 aromatic rings. The molecule has 10 heteroatoms. The number of nitrogens with zero attached hydrogens (tertiary/aromatic N) is 1. The zero-order chi connectivity index (χ0) is 18.6. The highest BCUT2D eigenvalue weighted by Crippen LogP contribution is 2.29. The van der Waals surface area contributed by atoms with Crippen molar-refractivity contribution in [1.29, 1.82) is 0 Å². The van der Waals surface area contributed by atoms with Gasteiger partial charge in [0.25, 0.3) is 0 Å². The molecular weight excluding hydrogens is 423 g/mol. The molecule has 1 fully saturated rings. The minimum atomic E-state index is -3.64. The van der Waals surface area contributed by atoms with E-state index in [-0.39, 0.29) is 35.6 Å². The second kappa shape index (κ2) is 10.9. The third-order valence-corrected chi connectivity index (χ3v) is 5.93. The van der Waals surface area contributed by atoms with Crippen LogP contribution in [-0.2, 0) is 14.8 Å². The number of fused-ring (bicyclic) bond motifs is 1. The summed E-state index contributed by atoms with van der Waals surface area (Å²) in [5.41, 5.74) is 0.605. The normalized spacial score (nSPS) is 14.8. The number of carbonyl (C=O) groups excluding carboxylic acids is 1. The van der Waals surface area contributed by atoms with E-state index in [0.717, 1.165) is 26.2 Å². The van der Waals surface area contributed by atoms with Gasteiger partial charge in [-0.25, -0.2) is 13.1 Å². The molecular formula is C18H26Cl2N4O3S. The summed E-state index contributed by atoms with van der Waals surface area (Å²) in [5.74, 6) is -0.195. The van der Waals surface area contributed by atoms with E-state index in [9.17, 15) is 13.2 Å². The second-order valence-electron chi connectivity index (χ2n) is 6.33. The number of benzene rings is 2. The number of hydrogen-bond acceptors (Lipinski definition) is 5. The summed E-state index contributed by atoms with van der Waals surface area (Å²) in [4.78, 5) is 13.8. The van der Waals surface area contributed by atoms with Crippen molar-refractivity contribution in [2.45, 2.75) is 11.8 Å². The maximum atomic E-state index is 12.8. The molecule has 0 unspecified atom stereocenters. The van der Waals surface area contributed by atoms with Crippen LogP contribution < -0.4 is 15.4 Å². The molecule has 156 valence electrons. The molecule has 0 atom stereocenters. The van der Waals surface area contributed by atoms with Crippen LogP contribution >= 0.6 is 24.8 Å². The first-order chi connectivity index (χ1) is 12.5. The van der Waals surface area contributed by atoms with Crippen molar-refractivity contribution in [3.05, 3.63) is 36.4 Å². The van der Waals surface area contributed by atoms with E-state index < -0.39 is 10.0 Å². The molecule has 1 amide bonds. The van der Waals surface area contributed by atoms with Crippen LogP contribution in [0.5, 0.6) is 0 Å². The van der Waals surface area contributed by atoms with Crippen LogP contribution in [-0.4, -0.2) is 58.5 Å². The molecule has 28 heavy (non-hydrogen) atoms. The van der Waals surface area contributed by atoms with E-state index >= 15 is 0 Å². The molecule has 7 nitrogen and oxygen atoms in total. The van der Waals surface area contributed by atoms with E-state index in [2.05, 4.69) is 20.3 Å². The molecule has 2 aromatic carbocycles. The van der Waals surface area contributed by atoms with E-state index in [1.54, 1.807) is 30.3 Å². The maximum Gasteiger partial charge on any atom is 0.241 e. The lowest BCUT2D eigenvalue weighted by molar-refractivity contribution is -0.114. The Morgan fingerprint density at radius 3 is 2.36 bits per heavy atom.